The quantitative estimate of drug-likeness (QED) is 0.131. The van der Waals surface area contributed by atoms with Crippen LogP contribution in [0.5, 0.6) is 0 Å². The molecule has 4 aromatic rings. The fourth-order valence-corrected chi connectivity index (χ4v) is 14.0. The summed E-state index contributed by atoms with van der Waals surface area (Å²) in [7, 11) is 0. The van der Waals surface area contributed by atoms with E-state index in [1.54, 1.807) is 12.1 Å². The molecule has 3 unspecified atom stereocenters. The Bertz CT molecular complexity index is 2500. The number of fused-ring (bicyclic) bond motifs is 3. The van der Waals surface area contributed by atoms with Crippen molar-refractivity contribution in [2.24, 2.45) is 41.2 Å². The number of hydrogen-bond donors (Lipinski definition) is 2. The number of Topliss-reactive ketones (excluding diaryl/α,β-unsaturated/α-hetero) is 1. The fraction of sp³-hybridized carbons (Fsp3) is 0.552. The van der Waals surface area contributed by atoms with Crippen molar-refractivity contribution in [3.63, 3.8) is 0 Å². The van der Waals surface area contributed by atoms with Crippen LogP contribution in [-0.4, -0.2) is 40.2 Å². The first-order chi connectivity index (χ1) is 31.2. The molecule has 1 aromatic heterocycles. The van der Waals surface area contributed by atoms with E-state index in [-0.39, 0.29) is 76.8 Å². The molecule has 6 aliphatic rings. The van der Waals surface area contributed by atoms with E-state index in [1.165, 1.54) is 40.7 Å². The normalized spacial score (nSPS) is 29.4. The van der Waals surface area contributed by atoms with E-state index in [4.69, 9.17) is 5.73 Å². The van der Waals surface area contributed by atoms with E-state index in [2.05, 4.69) is 74.0 Å². The third-order valence-electron chi connectivity index (χ3n) is 17.7. The van der Waals surface area contributed by atoms with Crippen LogP contribution < -0.4 is 5.73 Å². The summed E-state index contributed by atoms with van der Waals surface area (Å²) in [5.41, 5.74) is 16.9. The zero-order valence-electron chi connectivity index (χ0n) is 39.5. The number of nitrogens with zero attached hydrogens (tertiary/aromatic N) is 1. The summed E-state index contributed by atoms with van der Waals surface area (Å²) in [6, 6.07) is 18.8. The molecule has 11 atom stereocenters. The van der Waals surface area contributed by atoms with Crippen LogP contribution in [0.4, 0.5) is 8.78 Å². The molecule has 7 heteroatoms. The van der Waals surface area contributed by atoms with Gasteiger partial charge in [-0.2, -0.15) is 0 Å². The first kappa shape index (κ1) is 44.5. The molecule has 0 radical (unpaired) electrons. The molecule has 3 aromatic carbocycles. The molecule has 5 aliphatic carbocycles. The highest BCUT2D eigenvalue weighted by atomic mass is 19.1. The van der Waals surface area contributed by atoms with Gasteiger partial charge < -0.3 is 15.6 Å². The van der Waals surface area contributed by atoms with Gasteiger partial charge in [0, 0.05) is 41.1 Å². The Hall–Kier alpha value is -4.36. The summed E-state index contributed by atoms with van der Waals surface area (Å²) in [6.07, 6.45) is 14.8. The van der Waals surface area contributed by atoms with Crippen molar-refractivity contribution >= 4 is 28.7 Å². The van der Waals surface area contributed by atoms with Crippen LogP contribution in [0.2, 0.25) is 0 Å². The lowest BCUT2D eigenvalue weighted by Gasteiger charge is -2.29. The Kier molecular flexibility index (Phi) is 12.1. The summed E-state index contributed by atoms with van der Waals surface area (Å²) in [5, 5.41) is 1.13. The number of nitrogens with one attached hydrogen (secondary N) is 1. The van der Waals surface area contributed by atoms with Crippen LogP contribution in [0.3, 0.4) is 0 Å². The molecule has 0 spiro atoms. The Morgan fingerprint density at radius 1 is 0.800 bits per heavy atom. The highest BCUT2D eigenvalue weighted by Crippen LogP contribution is 2.57. The van der Waals surface area contributed by atoms with E-state index >= 15 is 8.78 Å². The minimum Gasteiger partial charge on any atom is -0.358 e. The zero-order valence-corrected chi connectivity index (χ0v) is 39.5. The Balaban J connectivity index is 0.972. The van der Waals surface area contributed by atoms with Gasteiger partial charge in [-0.05, 0) is 200 Å². The monoisotopic (exact) mass is 880 g/mol. The number of carbonyl (C=O) groups excluding carboxylic acids is 2. The van der Waals surface area contributed by atoms with Crippen molar-refractivity contribution in [1.82, 2.24) is 9.88 Å². The highest BCUT2D eigenvalue weighted by Gasteiger charge is 2.45. The maximum atomic E-state index is 16.6. The smallest absolute Gasteiger partial charge is 0.240 e. The molecule has 0 bridgehead atoms. The van der Waals surface area contributed by atoms with E-state index in [9.17, 15) is 9.59 Å². The number of rotatable bonds is 13. The second kappa shape index (κ2) is 17.7. The Labute approximate surface area is 386 Å². The summed E-state index contributed by atoms with van der Waals surface area (Å²) in [6.45, 7) is 15.3. The van der Waals surface area contributed by atoms with Crippen molar-refractivity contribution < 1.29 is 18.4 Å². The number of likely N-dealkylation sites (tertiary alicyclic amines) is 1. The highest BCUT2D eigenvalue weighted by molar-refractivity contribution is 5.86. The number of halogens is 2. The maximum absolute atomic E-state index is 16.6. The lowest BCUT2D eigenvalue weighted by atomic mass is 9.76. The van der Waals surface area contributed by atoms with Gasteiger partial charge in [0.15, 0.2) is 0 Å². The summed E-state index contributed by atoms with van der Waals surface area (Å²) >= 11 is 0. The molecule has 344 valence electrons. The third-order valence-corrected chi connectivity index (χ3v) is 17.7. The second-order valence-corrected chi connectivity index (χ2v) is 22.4. The molecule has 10 rings (SSSR count). The van der Waals surface area contributed by atoms with Crippen LogP contribution in [0.25, 0.3) is 17.0 Å². The standard InChI is InChI=1S/C58H71F2N3O2/c1-31(2)21-48(32(3)4)57(64)47-10-7-9-46(47)52-30-40-26-38(16-19-51(40)62-52)45-18-17-44(54(45)43-28-49(59)55(50(60)29-43)42-23-34-12-13-35(34)24-42)37-15-14-36-22-41(27-39(36)25-37)53-11-8-20-63(53)58(65)56(61)33(5)6/h14-16,19,25-30,32-35,42,44-48,53-54,56,62H,1,7-13,17-18,20-24,61H2,2-6H3/t34-,35+,42?,44-,45-,46-,47?,48+,53+,54?,56+/m1/s1. The van der Waals surface area contributed by atoms with Crippen LogP contribution in [0, 0.1) is 47.1 Å². The van der Waals surface area contributed by atoms with Crippen LogP contribution >= 0.6 is 0 Å². The average Bonchev–Trinajstić information content (AvgIpc) is 4.13. The number of H-pyrrole nitrogens is 1. The van der Waals surface area contributed by atoms with Crippen LogP contribution in [0.15, 0.2) is 72.3 Å². The molecule has 65 heavy (non-hydrogen) atoms. The van der Waals surface area contributed by atoms with Gasteiger partial charge in [-0.15, -0.1) is 6.58 Å². The minimum atomic E-state index is -0.499. The van der Waals surface area contributed by atoms with E-state index in [0.717, 1.165) is 105 Å². The Morgan fingerprint density at radius 2 is 1.49 bits per heavy atom. The molecule has 5 nitrogen and oxygen atoms in total. The van der Waals surface area contributed by atoms with Gasteiger partial charge in [-0.1, -0.05) is 70.0 Å². The number of aromatic nitrogens is 1. The molecule has 3 N–H and O–H groups in total. The van der Waals surface area contributed by atoms with Crippen molar-refractivity contribution in [3.8, 4) is 0 Å². The molecular formula is C58H71F2N3O2. The van der Waals surface area contributed by atoms with Gasteiger partial charge in [0.2, 0.25) is 5.91 Å². The molecule has 2 heterocycles. The summed E-state index contributed by atoms with van der Waals surface area (Å²) in [5.74, 6) is 1.40. The third kappa shape index (κ3) is 8.18. The largest absolute Gasteiger partial charge is 0.358 e. The maximum Gasteiger partial charge on any atom is 0.240 e. The van der Waals surface area contributed by atoms with Gasteiger partial charge in [0.25, 0.3) is 0 Å². The summed E-state index contributed by atoms with van der Waals surface area (Å²) in [4.78, 5) is 33.4. The predicted octanol–water partition coefficient (Wildman–Crippen LogP) is 13.4. The van der Waals surface area contributed by atoms with Gasteiger partial charge in [-0.25, -0.2) is 8.78 Å². The zero-order chi connectivity index (χ0) is 45.4. The minimum absolute atomic E-state index is 0.00224. The molecule has 1 saturated heterocycles. The van der Waals surface area contributed by atoms with E-state index in [0.29, 0.717) is 23.2 Å². The lowest BCUT2D eigenvalue weighted by Crippen LogP contribution is -2.48. The van der Waals surface area contributed by atoms with Crippen LogP contribution in [-0.2, 0) is 16.0 Å². The van der Waals surface area contributed by atoms with Crippen molar-refractivity contribution in [1.29, 1.82) is 0 Å². The lowest BCUT2D eigenvalue weighted by molar-refractivity contribution is -0.133. The van der Waals surface area contributed by atoms with Gasteiger partial charge in [-0.3, -0.25) is 9.59 Å². The van der Waals surface area contributed by atoms with Crippen LogP contribution in [0.1, 0.15) is 180 Å². The van der Waals surface area contributed by atoms with E-state index in [1.807, 2.05) is 25.7 Å². The predicted molar refractivity (Wildman–Crippen MR) is 259 cm³/mol. The van der Waals surface area contributed by atoms with E-state index < -0.39 is 6.04 Å². The second-order valence-electron chi connectivity index (χ2n) is 22.4. The van der Waals surface area contributed by atoms with Gasteiger partial charge in [0.1, 0.15) is 17.4 Å². The number of amides is 1. The Morgan fingerprint density at radius 3 is 2.15 bits per heavy atom. The molecular weight excluding hydrogens is 809 g/mol. The molecule has 1 amide bonds. The topological polar surface area (TPSA) is 79.2 Å². The van der Waals surface area contributed by atoms with Gasteiger partial charge in [0.05, 0.1) is 12.1 Å². The summed E-state index contributed by atoms with van der Waals surface area (Å²) < 4.78 is 33.2. The molecule has 1 aliphatic heterocycles. The number of benzene rings is 3. The first-order valence-corrected chi connectivity index (χ1v) is 25.4. The number of nitrogens with two attached hydrogens (primary N) is 1. The fourth-order valence-electron chi connectivity index (χ4n) is 14.0. The van der Waals surface area contributed by atoms with Crippen molar-refractivity contribution in [2.75, 3.05) is 6.54 Å². The van der Waals surface area contributed by atoms with Crippen molar-refractivity contribution in [3.05, 3.63) is 123 Å². The first-order valence-electron chi connectivity index (χ1n) is 25.4. The number of allylic oxidation sites excluding steroid dienone is 1. The molecule has 4 saturated carbocycles. The SMILES string of the molecule is C=C(C)C[C@H](C(=O)C1CCC[C@H]1c1cc2cc([C@H]3CC[C@H](c4ccc5c(c4)C=C([C@@H]4CCCN4C(=O)[C@@H](N)C(C)C)C5)C3c3cc(F)c(C4C[C@H]5CC[C@H]5C4)c(F)c3)ccc2[nH]1)C(C)C. The number of ketones is 1. The van der Waals surface area contributed by atoms with Gasteiger partial charge >= 0.3 is 0 Å². The average molecular weight is 880 g/mol. The number of carbonyl (C=O) groups is 2. The number of aromatic amines is 1. The molecule has 5 fully saturated rings. The van der Waals surface area contributed by atoms with Crippen molar-refractivity contribution in [2.45, 2.75) is 160 Å². The number of hydrogen-bond acceptors (Lipinski definition) is 3.